The first-order valence-electron chi connectivity index (χ1n) is 10.6. The Morgan fingerprint density at radius 1 is 1.06 bits per heavy atom. The summed E-state index contributed by atoms with van der Waals surface area (Å²) in [5, 5.41) is 2.62. The van der Waals surface area contributed by atoms with Gasteiger partial charge in [0.15, 0.2) is 24.7 Å². The third-order valence-electron chi connectivity index (χ3n) is 4.80. The number of hydrogen-bond donors (Lipinski definition) is 1. The van der Waals surface area contributed by atoms with E-state index < -0.39 is 25.6 Å². The molecule has 1 heterocycles. The van der Waals surface area contributed by atoms with Crippen molar-refractivity contribution in [2.75, 3.05) is 31.5 Å². The summed E-state index contributed by atoms with van der Waals surface area (Å²) in [4.78, 5) is 20.0. The van der Waals surface area contributed by atoms with E-state index in [2.05, 4.69) is 15.3 Å². The first kappa shape index (κ1) is 26.8. The summed E-state index contributed by atoms with van der Waals surface area (Å²) in [6.07, 6.45) is 6.29. The smallest absolute Gasteiger partial charge is 0.330 e. The molecule has 0 radical (unpaired) electrons. The first-order valence-corrected chi connectivity index (χ1v) is 14.4. The lowest BCUT2D eigenvalue weighted by molar-refractivity contribution is -0.137. The Hall–Kier alpha value is -3.77. The topological polar surface area (TPSA) is 142 Å². The van der Waals surface area contributed by atoms with E-state index in [1.165, 1.54) is 37.6 Å². The normalized spacial score (nSPS) is 11.9. The number of rotatable bonds is 9. The number of sulfone groups is 2. The van der Waals surface area contributed by atoms with Gasteiger partial charge in [0.2, 0.25) is 5.95 Å². The molecule has 0 saturated heterocycles. The number of benzene rings is 2. The zero-order valence-electron chi connectivity index (χ0n) is 20.0. The lowest BCUT2D eigenvalue weighted by atomic mass is 10.1. The second-order valence-corrected chi connectivity index (χ2v) is 11.6. The van der Waals surface area contributed by atoms with E-state index in [1.807, 2.05) is 0 Å². The van der Waals surface area contributed by atoms with Crippen LogP contribution in [0.3, 0.4) is 0 Å². The third kappa shape index (κ3) is 6.89. The molecule has 0 unspecified atom stereocenters. The van der Waals surface area contributed by atoms with Gasteiger partial charge in [-0.15, -0.1) is 0 Å². The summed E-state index contributed by atoms with van der Waals surface area (Å²) in [7, 11) is -5.93. The summed E-state index contributed by atoms with van der Waals surface area (Å²) in [6, 6.07) is 11.1. The van der Waals surface area contributed by atoms with Crippen molar-refractivity contribution in [3.05, 3.63) is 60.3 Å². The van der Waals surface area contributed by atoms with E-state index in [0.29, 0.717) is 16.8 Å². The van der Waals surface area contributed by atoms with Gasteiger partial charge >= 0.3 is 5.97 Å². The number of carbonyl (C=O) groups excluding carboxylic acids is 1. The molecule has 12 heteroatoms. The molecule has 36 heavy (non-hydrogen) atoms. The lowest BCUT2D eigenvalue weighted by Crippen LogP contribution is -2.08. The fourth-order valence-corrected chi connectivity index (χ4v) is 4.67. The van der Waals surface area contributed by atoms with Crippen molar-refractivity contribution < 1.29 is 31.1 Å². The molecule has 10 nitrogen and oxygen atoms in total. The van der Waals surface area contributed by atoms with Crippen molar-refractivity contribution in [1.82, 2.24) is 9.97 Å². The Balaban J connectivity index is 2.02. The molecule has 0 spiro atoms. The van der Waals surface area contributed by atoms with Gasteiger partial charge in [-0.25, -0.2) is 31.6 Å². The van der Waals surface area contributed by atoms with Crippen molar-refractivity contribution in [3.8, 4) is 16.9 Å². The van der Waals surface area contributed by atoms with E-state index in [1.54, 1.807) is 37.3 Å². The third-order valence-corrected chi connectivity index (χ3v) is 6.91. The van der Waals surface area contributed by atoms with Crippen molar-refractivity contribution in [2.24, 2.45) is 0 Å². The molecule has 0 aliphatic rings. The monoisotopic (exact) mass is 531 g/mol. The highest BCUT2D eigenvalue weighted by Crippen LogP contribution is 2.29. The molecule has 0 amide bonds. The molecule has 1 N–H and O–H groups in total. The van der Waals surface area contributed by atoms with Crippen LogP contribution in [0.4, 0.5) is 11.6 Å². The Labute approximate surface area is 209 Å². The van der Waals surface area contributed by atoms with Crippen molar-refractivity contribution in [2.45, 2.75) is 16.8 Å². The number of aromatic nitrogens is 2. The van der Waals surface area contributed by atoms with Crippen LogP contribution in [0.2, 0.25) is 0 Å². The second kappa shape index (κ2) is 10.9. The molecule has 3 aromatic rings. The summed E-state index contributed by atoms with van der Waals surface area (Å²) in [5.41, 5.74) is 1.73. The number of carbonyl (C=O) groups is 1. The van der Waals surface area contributed by atoms with Gasteiger partial charge in [0.1, 0.15) is 5.75 Å². The highest BCUT2D eigenvalue weighted by atomic mass is 32.2. The fraction of sp³-hybridized carbons (Fsp3) is 0.208. The molecule has 190 valence electrons. The van der Waals surface area contributed by atoms with Crippen LogP contribution < -0.4 is 10.1 Å². The van der Waals surface area contributed by atoms with Crippen LogP contribution >= 0.6 is 0 Å². The first-order chi connectivity index (χ1) is 16.9. The molecule has 0 aliphatic heterocycles. The lowest BCUT2D eigenvalue weighted by Gasteiger charge is -2.12. The average Bonchev–Trinajstić information content (AvgIpc) is 2.82. The number of ether oxygens (including phenoxy) is 2. The van der Waals surface area contributed by atoms with Crippen molar-refractivity contribution in [1.29, 1.82) is 0 Å². The van der Waals surface area contributed by atoms with Gasteiger partial charge in [-0.1, -0.05) is 18.2 Å². The maximum Gasteiger partial charge on any atom is 0.330 e. The minimum Gasteiger partial charge on any atom is -0.497 e. The quantitative estimate of drug-likeness (QED) is 0.248. The van der Waals surface area contributed by atoms with Crippen molar-refractivity contribution in [3.63, 3.8) is 0 Å². The van der Waals surface area contributed by atoms with Crippen LogP contribution in [0, 0.1) is 0 Å². The highest BCUT2D eigenvalue weighted by Gasteiger charge is 2.19. The number of nitrogens with one attached hydrogen (secondary N) is 1. The van der Waals surface area contributed by atoms with Gasteiger partial charge in [0, 0.05) is 42.1 Å². The van der Waals surface area contributed by atoms with Crippen molar-refractivity contribution >= 4 is 43.4 Å². The molecule has 2 aromatic carbocycles. The molecule has 0 aliphatic carbocycles. The molecule has 0 fully saturated rings. The van der Waals surface area contributed by atoms with Gasteiger partial charge < -0.3 is 14.8 Å². The van der Waals surface area contributed by atoms with Gasteiger partial charge in [-0.3, -0.25) is 0 Å². The van der Waals surface area contributed by atoms with Crippen LogP contribution in [0.15, 0.2) is 64.7 Å². The predicted octanol–water partition coefficient (Wildman–Crippen LogP) is 3.28. The maximum absolute atomic E-state index is 12.6. The number of hydrogen-bond acceptors (Lipinski definition) is 10. The minimum atomic E-state index is -3.79. The van der Waals surface area contributed by atoms with Crippen LogP contribution in [-0.4, -0.2) is 59.0 Å². The van der Waals surface area contributed by atoms with E-state index in [0.717, 1.165) is 12.5 Å². The van der Waals surface area contributed by atoms with Gasteiger partial charge in [0.05, 0.1) is 18.6 Å². The van der Waals surface area contributed by atoms with Crippen LogP contribution in [0.1, 0.15) is 12.5 Å². The maximum atomic E-state index is 12.6. The second-order valence-electron chi connectivity index (χ2n) is 7.69. The number of anilines is 2. The van der Waals surface area contributed by atoms with Gasteiger partial charge in [-0.2, -0.15) is 0 Å². The molecular weight excluding hydrogens is 506 g/mol. The predicted molar refractivity (Wildman–Crippen MR) is 136 cm³/mol. The molecule has 1 aromatic heterocycles. The number of methoxy groups -OCH3 is 1. The largest absolute Gasteiger partial charge is 0.497 e. The van der Waals surface area contributed by atoms with E-state index in [9.17, 15) is 21.6 Å². The molecule has 0 saturated carbocycles. The molecule has 3 rings (SSSR count). The van der Waals surface area contributed by atoms with Gasteiger partial charge in [-0.05, 0) is 42.3 Å². The highest BCUT2D eigenvalue weighted by molar-refractivity contribution is 7.91. The summed E-state index contributed by atoms with van der Waals surface area (Å²) < 4.78 is 59.3. The number of nitrogens with zero attached hydrogens (tertiary/aromatic N) is 2. The zero-order chi connectivity index (χ0) is 26.5. The Bertz CT molecular complexity index is 1530. The Morgan fingerprint density at radius 3 is 2.44 bits per heavy atom. The van der Waals surface area contributed by atoms with E-state index >= 15 is 0 Å². The average molecular weight is 532 g/mol. The fourth-order valence-electron chi connectivity index (χ4n) is 3.18. The summed E-state index contributed by atoms with van der Waals surface area (Å²) >= 11 is 0. The van der Waals surface area contributed by atoms with E-state index in [4.69, 9.17) is 9.47 Å². The van der Waals surface area contributed by atoms with E-state index in [-0.39, 0.29) is 33.8 Å². The van der Waals surface area contributed by atoms with Gasteiger partial charge in [0.25, 0.3) is 0 Å². The molecular formula is C24H25N3O7S2. The number of esters is 1. The SMILES string of the molecule is CCOC(=O)/C=C/c1cccc(-c2cnc(Nc3cc(OC)cc(S(C)(=O)=O)c3)nc2S(C)(=O)=O)c1. The Morgan fingerprint density at radius 2 is 1.81 bits per heavy atom. The summed E-state index contributed by atoms with van der Waals surface area (Å²) in [6.45, 7) is 1.96. The molecule has 0 atom stereocenters. The zero-order valence-corrected chi connectivity index (χ0v) is 21.7. The van der Waals surface area contributed by atoms with Crippen LogP contribution in [-0.2, 0) is 29.2 Å². The minimum absolute atomic E-state index is 0.0111. The van der Waals surface area contributed by atoms with Crippen LogP contribution in [0.25, 0.3) is 17.2 Å². The standard InChI is InChI=1S/C24H25N3O7S2/c1-5-34-22(28)10-9-16-7-6-8-17(11-16)21-15-25-24(27-23(21)36(4,31)32)26-18-12-19(33-2)14-20(13-18)35(3,29)30/h6-15H,5H2,1-4H3,(H,25,26,27)/b10-9+. The Kier molecular flexibility index (Phi) is 8.10. The summed E-state index contributed by atoms with van der Waals surface area (Å²) in [5.74, 6) is -0.256. The van der Waals surface area contributed by atoms with Crippen LogP contribution in [0.5, 0.6) is 5.75 Å². The molecule has 0 bridgehead atoms.